The Morgan fingerprint density at radius 2 is 1.95 bits per heavy atom. The molecule has 0 aromatic heterocycles. The van der Waals surface area contributed by atoms with Crippen molar-refractivity contribution in [1.29, 1.82) is 0 Å². The lowest BCUT2D eigenvalue weighted by Gasteiger charge is -2.20. The van der Waals surface area contributed by atoms with Crippen LogP contribution in [-0.2, 0) is 13.1 Å². The highest BCUT2D eigenvalue weighted by atomic mass is 79.9. The van der Waals surface area contributed by atoms with E-state index in [0.29, 0.717) is 0 Å². The molecule has 0 aliphatic rings. The molecule has 0 fully saturated rings. The van der Waals surface area contributed by atoms with Crippen molar-refractivity contribution in [2.45, 2.75) is 26.4 Å². The second-order valence-electron chi connectivity index (χ2n) is 4.87. The molecule has 1 aromatic carbocycles. The molecule has 0 bridgehead atoms. The third-order valence-corrected chi connectivity index (χ3v) is 3.78. The van der Waals surface area contributed by atoms with Crippen LogP contribution < -0.4 is 5.32 Å². The van der Waals surface area contributed by atoms with Gasteiger partial charge in [0.15, 0.2) is 0 Å². The Morgan fingerprint density at radius 3 is 2.50 bits per heavy atom. The molecule has 0 spiro atoms. The first kappa shape index (κ1) is 17.2. The van der Waals surface area contributed by atoms with Gasteiger partial charge in [0, 0.05) is 30.7 Å². The molecule has 0 aliphatic heterocycles. The first-order valence-electron chi connectivity index (χ1n) is 7.13. The summed E-state index contributed by atoms with van der Waals surface area (Å²) in [5.41, 5.74) is 2.61. The summed E-state index contributed by atoms with van der Waals surface area (Å²) in [5, 5.41) is 3.42. The number of nitrogens with zero attached hydrogens (tertiary/aromatic N) is 1. The van der Waals surface area contributed by atoms with Crippen molar-refractivity contribution in [2.75, 3.05) is 19.6 Å². The Bertz CT molecular complexity index is 419. The van der Waals surface area contributed by atoms with Gasteiger partial charge in [0.25, 0.3) is 0 Å². The van der Waals surface area contributed by atoms with Gasteiger partial charge in [-0.2, -0.15) is 0 Å². The Labute approximate surface area is 131 Å². The molecule has 1 aromatic rings. The van der Waals surface area contributed by atoms with Crippen LogP contribution in [0.1, 0.15) is 24.5 Å². The number of nitrogens with one attached hydrogen (secondary N) is 1. The predicted molar refractivity (Wildman–Crippen MR) is 91.8 cm³/mol. The summed E-state index contributed by atoms with van der Waals surface area (Å²) in [4.78, 5) is 2.30. The maximum Gasteiger partial charge on any atom is 0.0251 e. The molecule has 0 radical (unpaired) electrons. The van der Waals surface area contributed by atoms with Crippen molar-refractivity contribution in [3.8, 4) is 0 Å². The normalized spacial score (nSPS) is 10.8. The van der Waals surface area contributed by atoms with Gasteiger partial charge in [0.05, 0.1) is 0 Å². The maximum absolute atomic E-state index is 3.81. The van der Waals surface area contributed by atoms with Gasteiger partial charge in [0.2, 0.25) is 0 Å². The average Bonchev–Trinajstić information content (AvgIpc) is 2.42. The van der Waals surface area contributed by atoms with Crippen LogP contribution >= 0.6 is 15.9 Å². The van der Waals surface area contributed by atoms with E-state index in [0.717, 1.165) is 39.1 Å². The van der Waals surface area contributed by atoms with Crippen molar-refractivity contribution in [1.82, 2.24) is 10.2 Å². The summed E-state index contributed by atoms with van der Waals surface area (Å²) in [6.45, 7) is 14.4. The summed E-state index contributed by atoms with van der Waals surface area (Å²) in [6.07, 6.45) is 5.03. The van der Waals surface area contributed by atoms with Gasteiger partial charge >= 0.3 is 0 Å². The summed E-state index contributed by atoms with van der Waals surface area (Å²) in [7, 11) is 0. The van der Waals surface area contributed by atoms with Crippen LogP contribution in [0.25, 0.3) is 0 Å². The molecule has 20 heavy (non-hydrogen) atoms. The second kappa shape index (κ2) is 9.92. The largest absolute Gasteiger partial charge is 0.313 e. The van der Waals surface area contributed by atoms with Crippen LogP contribution in [0.4, 0.5) is 0 Å². The third-order valence-electron chi connectivity index (χ3n) is 3.04. The van der Waals surface area contributed by atoms with Gasteiger partial charge in [-0.05, 0) is 30.2 Å². The van der Waals surface area contributed by atoms with E-state index >= 15 is 0 Å². The fraction of sp³-hybridized carbons (Fsp3) is 0.412. The zero-order valence-electron chi connectivity index (χ0n) is 12.4. The molecule has 0 saturated heterocycles. The molecular weight excluding hydrogens is 312 g/mol. The molecule has 0 aliphatic carbocycles. The smallest absolute Gasteiger partial charge is 0.0251 e. The molecule has 0 atom stereocenters. The van der Waals surface area contributed by atoms with Crippen molar-refractivity contribution in [3.63, 3.8) is 0 Å². The third kappa shape index (κ3) is 6.04. The molecule has 0 unspecified atom stereocenters. The molecule has 2 nitrogen and oxygen atoms in total. The van der Waals surface area contributed by atoms with E-state index in [1.807, 2.05) is 12.2 Å². The van der Waals surface area contributed by atoms with E-state index in [4.69, 9.17) is 0 Å². The highest BCUT2D eigenvalue weighted by Crippen LogP contribution is 2.20. The van der Waals surface area contributed by atoms with Gasteiger partial charge in [-0.25, -0.2) is 0 Å². The zero-order valence-corrected chi connectivity index (χ0v) is 14.0. The molecule has 0 saturated carbocycles. The van der Waals surface area contributed by atoms with E-state index in [2.05, 4.69) is 64.4 Å². The molecule has 3 heteroatoms. The molecule has 1 N–H and O–H groups in total. The van der Waals surface area contributed by atoms with Crippen molar-refractivity contribution in [2.24, 2.45) is 0 Å². The monoisotopic (exact) mass is 336 g/mol. The first-order valence-corrected chi connectivity index (χ1v) is 7.92. The van der Waals surface area contributed by atoms with Crippen LogP contribution in [0.5, 0.6) is 0 Å². The Balaban J connectivity index is 2.66. The van der Waals surface area contributed by atoms with E-state index in [-0.39, 0.29) is 0 Å². The van der Waals surface area contributed by atoms with Crippen LogP contribution in [0.3, 0.4) is 0 Å². The summed E-state index contributed by atoms with van der Waals surface area (Å²) < 4.78 is 1.17. The minimum Gasteiger partial charge on any atom is -0.313 e. The average molecular weight is 337 g/mol. The van der Waals surface area contributed by atoms with Crippen LogP contribution in [0, 0.1) is 0 Å². The Morgan fingerprint density at radius 1 is 1.25 bits per heavy atom. The SMILES string of the molecule is C=CCN(CC=C)Cc1ccc(CNCCC)cc1Br. The number of halogens is 1. The molecule has 0 heterocycles. The van der Waals surface area contributed by atoms with E-state index < -0.39 is 0 Å². The number of rotatable bonds is 10. The number of hydrogen-bond acceptors (Lipinski definition) is 2. The van der Waals surface area contributed by atoms with Gasteiger partial charge < -0.3 is 5.32 Å². The molecular formula is C17H25BrN2. The predicted octanol–water partition coefficient (Wildman–Crippen LogP) is 4.12. The molecule has 0 amide bonds. The second-order valence-corrected chi connectivity index (χ2v) is 5.73. The fourth-order valence-corrected chi connectivity index (χ4v) is 2.60. The Hall–Kier alpha value is -0.900. The number of benzene rings is 1. The van der Waals surface area contributed by atoms with E-state index in [9.17, 15) is 0 Å². The van der Waals surface area contributed by atoms with Crippen LogP contribution in [-0.4, -0.2) is 24.5 Å². The van der Waals surface area contributed by atoms with Gasteiger partial charge in [-0.1, -0.05) is 47.1 Å². The fourth-order valence-electron chi connectivity index (χ4n) is 2.05. The lowest BCUT2D eigenvalue weighted by molar-refractivity contribution is 0.327. The quantitative estimate of drug-likeness (QED) is 0.510. The van der Waals surface area contributed by atoms with Crippen LogP contribution in [0.15, 0.2) is 48.0 Å². The van der Waals surface area contributed by atoms with Crippen molar-refractivity contribution >= 4 is 15.9 Å². The van der Waals surface area contributed by atoms with E-state index in [1.165, 1.54) is 15.6 Å². The molecule has 1 rings (SSSR count). The standard InChI is InChI=1S/C17H25BrN2/c1-4-9-19-13-15-7-8-16(17(18)12-15)14-20(10-5-2)11-6-3/h5-8,12,19H,2-4,9-11,13-14H2,1H3. The number of hydrogen-bond donors (Lipinski definition) is 1. The summed E-state index contributed by atoms with van der Waals surface area (Å²) >= 11 is 3.68. The lowest BCUT2D eigenvalue weighted by Crippen LogP contribution is -2.23. The van der Waals surface area contributed by atoms with Crippen molar-refractivity contribution < 1.29 is 0 Å². The van der Waals surface area contributed by atoms with E-state index in [1.54, 1.807) is 0 Å². The minimum absolute atomic E-state index is 0.873. The highest BCUT2D eigenvalue weighted by Gasteiger charge is 2.06. The Kier molecular flexibility index (Phi) is 8.51. The highest BCUT2D eigenvalue weighted by molar-refractivity contribution is 9.10. The lowest BCUT2D eigenvalue weighted by atomic mass is 10.1. The zero-order chi connectivity index (χ0) is 14.8. The topological polar surface area (TPSA) is 15.3 Å². The van der Waals surface area contributed by atoms with Gasteiger partial charge in [0.1, 0.15) is 0 Å². The van der Waals surface area contributed by atoms with Crippen LogP contribution in [0.2, 0.25) is 0 Å². The first-order chi connectivity index (χ1) is 9.71. The van der Waals surface area contributed by atoms with Gasteiger partial charge in [-0.3, -0.25) is 4.90 Å². The summed E-state index contributed by atoms with van der Waals surface area (Å²) in [5.74, 6) is 0. The minimum atomic E-state index is 0.873. The summed E-state index contributed by atoms with van der Waals surface area (Å²) in [6, 6.07) is 6.60. The molecule has 110 valence electrons. The van der Waals surface area contributed by atoms with Crippen molar-refractivity contribution in [3.05, 3.63) is 59.1 Å². The van der Waals surface area contributed by atoms with Gasteiger partial charge in [-0.15, -0.1) is 13.2 Å². The maximum atomic E-state index is 3.81.